The fraction of sp³-hybridized carbons (Fsp3) is 0.421. The molecule has 6 nitrogen and oxygen atoms in total. The number of piperidine rings is 1. The smallest absolute Gasteiger partial charge is 0.166 e. The average Bonchev–Trinajstić information content (AvgIpc) is 3.12. The maximum atomic E-state index is 13.8. The van der Waals surface area contributed by atoms with Crippen molar-refractivity contribution in [3.05, 3.63) is 47.0 Å². The van der Waals surface area contributed by atoms with Gasteiger partial charge in [-0.25, -0.2) is 4.39 Å². The Morgan fingerprint density at radius 1 is 1.27 bits per heavy atom. The molecular formula is C19H22FN5O. The molecule has 1 aromatic heterocycles. The summed E-state index contributed by atoms with van der Waals surface area (Å²) in [5, 5.41) is 25.8. The zero-order chi connectivity index (χ0) is 18.9. The second-order valence-electron chi connectivity index (χ2n) is 5.60. The van der Waals surface area contributed by atoms with Crippen molar-refractivity contribution in [2.24, 2.45) is 0 Å². The van der Waals surface area contributed by atoms with Gasteiger partial charge in [0.05, 0.1) is 23.9 Å². The molecule has 1 fully saturated rings. The molecule has 0 aliphatic carbocycles. The van der Waals surface area contributed by atoms with E-state index in [0.29, 0.717) is 11.3 Å². The lowest BCUT2D eigenvalue weighted by Crippen LogP contribution is -2.30. The van der Waals surface area contributed by atoms with Crippen LogP contribution in [0.2, 0.25) is 0 Å². The topological polar surface area (TPSA) is 86.7 Å². The summed E-state index contributed by atoms with van der Waals surface area (Å²) in [6.45, 7) is 5.85. The van der Waals surface area contributed by atoms with Crippen molar-refractivity contribution < 1.29 is 9.13 Å². The van der Waals surface area contributed by atoms with E-state index in [1.54, 1.807) is 10.9 Å². The van der Waals surface area contributed by atoms with Gasteiger partial charge in [-0.05, 0) is 44.1 Å². The van der Waals surface area contributed by atoms with Gasteiger partial charge in [0, 0.05) is 5.56 Å². The molecule has 0 spiro atoms. The number of halogens is 1. The van der Waals surface area contributed by atoms with E-state index in [1.807, 2.05) is 19.9 Å². The maximum absolute atomic E-state index is 13.8. The molecule has 2 aromatic rings. The summed E-state index contributed by atoms with van der Waals surface area (Å²) in [5.41, 5.74) is 1.31. The fourth-order valence-corrected chi connectivity index (χ4v) is 2.80. The van der Waals surface area contributed by atoms with Crippen molar-refractivity contribution >= 4 is 0 Å². The van der Waals surface area contributed by atoms with Gasteiger partial charge >= 0.3 is 0 Å². The number of hydrogen-bond donors (Lipinski definition) is 1. The van der Waals surface area contributed by atoms with Gasteiger partial charge in [0.15, 0.2) is 11.6 Å². The van der Waals surface area contributed by atoms with Crippen molar-refractivity contribution in [1.29, 1.82) is 10.5 Å². The number of ether oxygens (including phenoxy) is 1. The molecule has 0 radical (unpaired) electrons. The molecule has 1 aliphatic rings. The second kappa shape index (κ2) is 9.55. The van der Waals surface area contributed by atoms with Gasteiger partial charge in [-0.2, -0.15) is 15.6 Å². The summed E-state index contributed by atoms with van der Waals surface area (Å²) in [5.74, 6) is -0.550. The minimum Gasteiger partial charge on any atom is -0.486 e. The van der Waals surface area contributed by atoms with E-state index in [0.717, 1.165) is 32.0 Å². The Labute approximate surface area is 152 Å². The first-order chi connectivity index (χ1) is 12.7. The number of rotatable bonds is 4. The molecule has 0 amide bonds. The predicted molar refractivity (Wildman–Crippen MR) is 94.9 cm³/mol. The predicted octanol–water partition coefficient (Wildman–Crippen LogP) is 3.30. The van der Waals surface area contributed by atoms with E-state index >= 15 is 0 Å². The molecule has 26 heavy (non-hydrogen) atoms. The molecule has 1 aromatic carbocycles. The standard InChI is InChI=1S/C17H16FN5O.C2H6/c18-15-7-12(8-19)1-2-17(15)24-11-13-10-22-23(16(13)9-20)14-3-5-21-6-4-14;1-2/h1-2,7,10,14,21H,3-6,11H2;1-2H3. The number of hydrogen-bond acceptors (Lipinski definition) is 5. The summed E-state index contributed by atoms with van der Waals surface area (Å²) in [6, 6.07) is 8.27. The first kappa shape index (κ1) is 19.4. The van der Waals surface area contributed by atoms with E-state index in [-0.39, 0.29) is 24.0 Å². The third-order valence-corrected chi connectivity index (χ3v) is 4.08. The van der Waals surface area contributed by atoms with Gasteiger partial charge in [0.25, 0.3) is 0 Å². The molecular weight excluding hydrogens is 333 g/mol. The maximum Gasteiger partial charge on any atom is 0.166 e. The van der Waals surface area contributed by atoms with E-state index in [2.05, 4.69) is 16.5 Å². The van der Waals surface area contributed by atoms with Gasteiger partial charge in [0.2, 0.25) is 0 Å². The van der Waals surface area contributed by atoms with Crippen LogP contribution in [-0.2, 0) is 6.61 Å². The van der Waals surface area contributed by atoms with Crippen molar-refractivity contribution in [2.75, 3.05) is 13.1 Å². The van der Waals surface area contributed by atoms with Crippen LogP contribution in [0.25, 0.3) is 0 Å². The summed E-state index contributed by atoms with van der Waals surface area (Å²) < 4.78 is 21.1. The molecule has 0 unspecified atom stereocenters. The summed E-state index contributed by atoms with van der Waals surface area (Å²) in [6.07, 6.45) is 3.43. The highest BCUT2D eigenvalue weighted by atomic mass is 19.1. The Bertz CT molecular complexity index is 812. The lowest BCUT2D eigenvalue weighted by atomic mass is 10.1. The Kier molecular flexibility index (Phi) is 7.13. The second-order valence-corrected chi connectivity index (χ2v) is 5.60. The highest BCUT2D eigenvalue weighted by Crippen LogP contribution is 2.23. The molecule has 1 saturated heterocycles. The van der Waals surface area contributed by atoms with Gasteiger partial charge in [-0.15, -0.1) is 0 Å². The molecule has 0 atom stereocenters. The van der Waals surface area contributed by atoms with E-state index in [1.165, 1.54) is 12.1 Å². The van der Waals surface area contributed by atoms with Crippen LogP contribution in [0.15, 0.2) is 24.4 Å². The van der Waals surface area contributed by atoms with Crippen LogP contribution in [0.3, 0.4) is 0 Å². The summed E-state index contributed by atoms with van der Waals surface area (Å²) in [4.78, 5) is 0. The Balaban J connectivity index is 0.00000117. The van der Waals surface area contributed by atoms with Crippen LogP contribution in [0, 0.1) is 28.5 Å². The van der Waals surface area contributed by atoms with E-state index in [4.69, 9.17) is 10.00 Å². The lowest BCUT2D eigenvalue weighted by molar-refractivity contribution is 0.289. The molecule has 0 saturated carbocycles. The zero-order valence-corrected chi connectivity index (χ0v) is 15.0. The van der Waals surface area contributed by atoms with Crippen LogP contribution in [0.5, 0.6) is 5.75 Å². The van der Waals surface area contributed by atoms with Gasteiger partial charge in [-0.1, -0.05) is 13.8 Å². The minimum absolute atomic E-state index is 0.0486. The van der Waals surface area contributed by atoms with Crippen LogP contribution in [-0.4, -0.2) is 22.9 Å². The summed E-state index contributed by atoms with van der Waals surface area (Å²) >= 11 is 0. The third kappa shape index (κ3) is 4.38. The van der Waals surface area contributed by atoms with Crippen molar-refractivity contribution in [3.63, 3.8) is 0 Å². The van der Waals surface area contributed by atoms with Crippen LogP contribution in [0.1, 0.15) is 49.6 Å². The van der Waals surface area contributed by atoms with Crippen LogP contribution in [0.4, 0.5) is 4.39 Å². The van der Waals surface area contributed by atoms with Gasteiger partial charge in [0.1, 0.15) is 18.4 Å². The Hall–Kier alpha value is -2.90. The summed E-state index contributed by atoms with van der Waals surface area (Å²) in [7, 11) is 0. The Morgan fingerprint density at radius 2 is 2.00 bits per heavy atom. The first-order valence-electron chi connectivity index (χ1n) is 8.72. The van der Waals surface area contributed by atoms with Crippen LogP contribution < -0.4 is 10.1 Å². The normalized spacial score (nSPS) is 13.9. The average molecular weight is 355 g/mol. The molecule has 0 bridgehead atoms. The molecule has 7 heteroatoms. The number of nitrogens with one attached hydrogen (secondary N) is 1. The fourth-order valence-electron chi connectivity index (χ4n) is 2.80. The zero-order valence-electron chi connectivity index (χ0n) is 15.0. The van der Waals surface area contributed by atoms with Crippen molar-refractivity contribution in [2.45, 2.75) is 39.3 Å². The molecule has 1 aliphatic heterocycles. The van der Waals surface area contributed by atoms with E-state index in [9.17, 15) is 9.65 Å². The largest absolute Gasteiger partial charge is 0.486 e. The highest BCUT2D eigenvalue weighted by molar-refractivity contribution is 5.36. The Morgan fingerprint density at radius 3 is 2.62 bits per heavy atom. The van der Waals surface area contributed by atoms with E-state index < -0.39 is 5.82 Å². The van der Waals surface area contributed by atoms with Crippen molar-refractivity contribution in [3.8, 4) is 17.9 Å². The van der Waals surface area contributed by atoms with Gasteiger partial charge < -0.3 is 10.1 Å². The minimum atomic E-state index is -0.599. The SMILES string of the molecule is CC.N#Cc1ccc(OCc2cnn(C3CCNCC3)c2C#N)c(F)c1. The number of nitrogens with zero attached hydrogens (tertiary/aromatic N) is 4. The molecule has 1 N–H and O–H groups in total. The quantitative estimate of drug-likeness (QED) is 0.909. The third-order valence-electron chi connectivity index (χ3n) is 4.08. The van der Waals surface area contributed by atoms with Crippen LogP contribution >= 0.6 is 0 Å². The number of nitriles is 2. The number of benzene rings is 1. The lowest BCUT2D eigenvalue weighted by Gasteiger charge is -2.23. The molecule has 2 heterocycles. The number of aromatic nitrogens is 2. The molecule has 136 valence electrons. The first-order valence-corrected chi connectivity index (χ1v) is 8.72. The monoisotopic (exact) mass is 355 g/mol. The van der Waals surface area contributed by atoms with Crippen molar-refractivity contribution in [1.82, 2.24) is 15.1 Å². The molecule has 3 rings (SSSR count). The highest BCUT2D eigenvalue weighted by Gasteiger charge is 2.21. The van der Waals surface area contributed by atoms with Gasteiger partial charge in [-0.3, -0.25) is 4.68 Å².